The second-order valence-electron chi connectivity index (χ2n) is 3.45. The predicted molar refractivity (Wildman–Crippen MR) is 79.0 cm³/mol. The number of aromatic carboxylic acids is 1. The molecule has 0 unspecified atom stereocenters. The minimum atomic E-state index is -1.33. The fraction of sp³-hybridized carbons (Fsp3) is 0.200. The van der Waals surface area contributed by atoms with Gasteiger partial charge in [0.1, 0.15) is 5.56 Å². The first kappa shape index (κ1) is 16.1. The van der Waals surface area contributed by atoms with Gasteiger partial charge in [-0.3, -0.25) is 15.1 Å². The van der Waals surface area contributed by atoms with Gasteiger partial charge in [0, 0.05) is 16.7 Å². The maximum absolute atomic E-state index is 11.0. The van der Waals surface area contributed by atoms with Crippen LogP contribution in [0.4, 0.5) is 5.69 Å². The molecule has 0 atom stereocenters. The summed E-state index contributed by atoms with van der Waals surface area (Å²) in [5.41, 5.74) is 9.58. The zero-order chi connectivity index (χ0) is 15.1. The van der Waals surface area contributed by atoms with Crippen LogP contribution in [-0.4, -0.2) is 34.3 Å². The van der Waals surface area contributed by atoms with Crippen molar-refractivity contribution in [3.8, 4) is 0 Å². The molecule has 0 spiro atoms. The van der Waals surface area contributed by atoms with Crippen molar-refractivity contribution in [1.29, 1.82) is 0 Å². The highest BCUT2D eigenvalue weighted by molar-refractivity contribution is 8.76. The fourth-order valence-electron chi connectivity index (χ4n) is 1.22. The van der Waals surface area contributed by atoms with E-state index in [0.717, 1.165) is 0 Å². The van der Waals surface area contributed by atoms with Crippen LogP contribution in [0, 0.1) is 10.1 Å². The van der Waals surface area contributed by atoms with E-state index in [2.05, 4.69) is 4.99 Å². The number of carboxylic acids is 1. The molecule has 1 aromatic rings. The number of guanidine groups is 1. The van der Waals surface area contributed by atoms with E-state index in [1.54, 1.807) is 0 Å². The lowest BCUT2D eigenvalue weighted by Gasteiger charge is -2.02. The summed E-state index contributed by atoms with van der Waals surface area (Å²) in [6.07, 6.45) is 0. The molecule has 0 saturated carbocycles. The van der Waals surface area contributed by atoms with Gasteiger partial charge in [-0.25, -0.2) is 4.79 Å². The van der Waals surface area contributed by atoms with Crippen LogP contribution in [0.3, 0.4) is 0 Å². The van der Waals surface area contributed by atoms with Gasteiger partial charge in [0.2, 0.25) is 0 Å². The van der Waals surface area contributed by atoms with Gasteiger partial charge < -0.3 is 16.6 Å². The summed E-state index contributed by atoms with van der Waals surface area (Å²) >= 11 is 0. The summed E-state index contributed by atoms with van der Waals surface area (Å²) in [4.78, 5) is 25.3. The van der Waals surface area contributed by atoms with Crippen LogP contribution in [0.5, 0.6) is 0 Å². The summed E-state index contributed by atoms with van der Waals surface area (Å²) in [6, 6.07) is 3.96. The van der Waals surface area contributed by atoms with Gasteiger partial charge in [0.05, 0.1) is 11.5 Å². The molecule has 0 aliphatic rings. The van der Waals surface area contributed by atoms with Crippen LogP contribution in [0.25, 0.3) is 0 Å². The van der Waals surface area contributed by atoms with Crippen LogP contribution < -0.4 is 11.5 Å². The van der Waals surface area contributed by atoms with E-state index in [1.807, 2.05) is 0 Å². The van der Waals surface area contributed by atoms with E-state index < -0.39 is 16.6 Å². The molecule has 10 heteroatoms. The van der Waals surface area contributed by atoms with Crippen LogP contribution in [0.1, 0.15) is 10.4 Å². The Morgan fingerprint density at radius 2 is 2.15 bits per heavy atom. The van der Waals surface area contributed by atoms with E-state index in [0.29, 0.717) is 17.2 Å². The Hall–Kier alpha value is -1.94. The topological polar surface area (TPSA) is 145 Å². The van der Waals surface area contributed by atoms with Crippen LogP contribution in [0.15, 0.2) is 28.1 Å². The smallest absolute Gasteiger partial charge is 0.342 e. The van der Waals surface area contributed by atoms with Gasteiger partial charge in [-0.2, -0.15) is 0 Å². The summed E-state index contributed by atoms with van der Waals surface area (Å²) in [7, 11) is 2.72. The number of rotatable bonds is 7. The molecule has 0 aliphatic carbocycles. The molecular formula is C10H12N4O4S2. The number of nitro benzene ring substituents is 1. The van der Waals surface area contributed by atoms with Crippen molar-refractivity contribution in [3.05, 3.63) is 33.9 Å². The first-order valence-corrected chi connectivity index (χ1v) is 7.60. The number of hydrogen-bond donors (Lipinski definition) is 3. The number of nitro groups is 1. The average Bonchev–Trinajstić information content (AvgIpc) is 2.37. The Morgan fingerprint density at radius 1 is 1.45 bits per heavy atom. The number of hydrogen-bond acceptors (Lipinski definition) is 6. The van der Waals surface area contributed by atoms with Gasteiger partial charge in [0.15, 0.2) is 5.96 Å². The predicted octanol–water partition coefficient (Wildman–Crippen LogP) is 1.31. The van der Waals surface area contributed by atoms with Crippen molar-refractivity contribution in [1.82, 2.24) is 0 Å². The maximum Gasteiger partial charge on any atom is 0.342 e. The first-order valence-electron chi connectivity index (χ1n) is 5.28. The summed E-state index contributed by atoms with van der Waals surface area (Å²) in [6.45, 7) is 0.443. The lowest BCUT2D eigenvalue weighted by atomic mass is 10.2. The SMILES string of the molecule is NC(N)=NCCSSc1ccc([N+](=O)[O-])c(C(=O)O)c1. The molecule has 1 rings (SSSR count). The van der Waals surface area contributed by atoms with Gasteiger partial charge in [-0.15, -0.1) is 0 Å². The lowest BCUT2D eigenvalue weighted by Crippen LogP contribution is -2.23. The molecule has 0 fully saturated rings. The Labute approximate surface area is 122 Å². The number of carbonyl (C=O) groups is 1. The molecular weight excluding hydrogens is 304 g/mol. The number of nitrogens with two attached hydrogens (primary N) is 2. The zero-order valence-electron chi connectivity index (χ0n) is 10.2. The van der Waals surface area contributed by atoms with Gasteiger partial charge in [-0.1, -0.05) is 21.6 Å². The first-order chi connectivity index (χ1) is 9.41. The Morgan fingerprint density at radius 3 is 2.70 bits per heavy atom. The summed E-state index contributed by atoms with van der Waals surface area (Å²) < 4.78 is 0. The number of benzene rings is 1. The molecule has 0 aliphatic heterocycles. The minimum absolute atomic E-state index is 0.0131. The third-order valence-corrected chi connectivity index (χ3v) is 4.36. The average molecular weight is 316 g/mol. The normalized spacial score (nSPS) is 10.0. The lowest BCUT2D eigenvalue weighted by molar-refractivity contribution is -0.385. The van der Waals surface area contributed by atoms with Gasteiger partial charge >= 0.3 is 5.97 Å². The fourth-order valence-corrected chi connectivity index (χ4v) is 3.09. The van der Waals surface area contributed by atoms with Crippen LogP contribution in [0.2, 0.25) is 0 Å². The molecule has 0 aromatic heterocycles. The van der Waals surface area contributed by atoms with Crippen LogP contribution in [-0.2, 0) is 0 Å². The van der Waals surface area contributed by atoms with E-state index >= 15 is 0 Å². The summed E-state index contributed by atoms with van der Waals surface area (Å²) in [5.74, 6) is -0.689. The second-order valence-corrected chi connectivity index (χ2v) is 5.94. The quantitative estimate of drug-likeness (QED) is 0.170. The van der Waals surface area contributed by atoms with Crippen molar-refractivity contribution in [3.63, 3.8) is 0 Å². The molecule has 1 aromatic carbocycles. The zero-order valence-corrected chi connectivity index (χ0v) is 11.8. The molecule has 5 N–H and O–H groups in total. The van der Waals surface area contributed by atoms with Crippen LogP contribution >= 0.6 is 21.6 Å². The van der Waals surface area contributed by atoms with E-state index in [1.165, 1.54) is 39.8 Å². The van der Waals surface area contributed by atoms with E-state index in [-0.39, 0.29) is 11.5 Å². The monoisotopic (exact) mass is 316 g/mol. The molecule has 0 radical (unpaired) electrons. The third kappa shape index (κ3) is 4.97. The summed E-state index contributed by atoms with van der Waals surface area (Å²) in [5, 5.41) is 19.6. The number of aliphatic imine (C=N–C) groups is 1. The van der Waals surface area contributed by atoms with Crippen molar-refractivity contribution in [2.45, 2.75) is 4.90 Å². The van der Waals surface area contributed by atoms with E-state index in [4.69, 9.17) is 16.6 Å². The Kier molecular flexibility index (Phi) is 6.12. The Bertz CT molecular complexity index is 546. The molecule has 0 bridgehead atoms. The highest BCUT2D eigenvalue weighted by Gasteiger charge is 2.19. The van der Waals surface area contributed by atoms with Crippen molar-refractivity contribution < 1.29 is 14.8 Å². The van der Waals surface area contributed by atoms with Crippen molar-refractivity contribution >= 4 is 39.2 Å². The number of carboxylic acid groups (broad SMARTS) is 1. The third-order valence-electron chi connectivity index (χ3n) is 2.02. The number of nitrogens with zero attached hydrogens (tertiary/aromatic N) is 2. The minimum Gasteiger partial charge on any atom is -0.477 e. The molecule has 0 amide bonds. The van der Waals surface area contributed by atoms with Crippen molar-refractivity contribution in [2.24, 2.45) is 16.5 Å². The highest BCUT2D eigenvalue weighted by Crippen LogP contribution is 2.33. The molecule has 108 valence electrons. The van der Waals surface area contributed by atoms with Gasteiger partial charge in [0.25, 0.3) is 5.69 Å². The largest absolute Gasteiger partial charge is 0.477 e. The standard InChI is InChI=1S/C10H12N4O4S2/c11-10(12)13-3-4-19-20-6-1-2-8(14(17)18)7(5-6)9(15)16/h1-2,5H,3-4H2,(H,15,16)(H4,11,12,13). The molecule has 8 nitrogen and oxygen atoms in total. The van der Waals surface area contributed by atoms with Crippen molar-refractivity contribution in [2.75, 3.05) is 12.3 Å². The molecule has 20 heavy (non-hydrogen) atoms. The van der Waals surface area contributed by atoms with Gasteiger partial charge in [-0.05, 0) is 12.1 Å². The molecule has 0 heterocycles. The Balaban J connectivity index is 2.68. The molecule has 0 saturated heterocycles. The highest BCUT2D eigenvalue weighted by atomic mass is 33.1. The maximum atomic E-state index is 11.0. The van der Waals surface area contributed by atoms with E-state index in [9.17, 15) is 14.9 Å². The second kappa shape index (κ2) is 7.60.